The number of hydrogen-bond donors (Lipinski definition) is 2. The lowest BCUT2D eigenvalue weighted by atomic mass is 10.2. The molecule has 0 saturated carbocycles. The summed E-state index contributed by atoms with van der Waals surface area (Å²) in [5.41, 5.74) is 7.23. The van der Waals surface area contributed by atoms with Crippen molar-refractivity contribution in [1.82, 2.24) is 4.98 Å². The molecule has 1 aromatic rings. The Labute approximate surface area is 99.9 Å². The number of oxime groups is 1. The standard InChI is InChI=1S/C11H17N3OS/c1-4-8(3)16-11-9(10(12)14-15)6-5-7(2)13-11/h5-6,8,15H,4H2,1-3H3,(H2,12,14). The largest absolute Gasteiger partial charge is 0.409 e. The van der Waals surface area contributed by atoms with Gasteiger partial charge in [0.15, 0.2) is 5.84 Å². The summed E-state index contributed by atoms with van der Waals surface area (Å²) in [7, 11) is 0. The van der Waals surface area contributed by atoms with Crippen LogP contribution in [-0.4, -0.2) is 21.3 Å². The van der Waals surface area contributed by atoms with E-state index in [0.717, 1.165) is 17.1 Å². The third kappa shape index (κ3) is 3.13. The zero-order valence-corrected chi connectivity index (χ0v) is 10.6. The van der Waals surface area contributed by atoms with Crippen LogP contribution in [0, 0.1) is 6.92 Å². The maximum atomic E-state index is 8.70. The van der Waals surface area contributed by atoms with Crippen molar-refractivity contribution < 1.29 is 5.21 Å². The van der Waals surface area contributed by atoms with Crippen LogP contribution >= 0.6 is 11.8 Å². The zero-order valence-electron chi connectivity index (χ0n) is 9.77. The number of nitrogens with zero attached hydrogens (tertiary/aromatic N) is 2. The smallest absolute Gasteiger partial charge is 0.172 e. The van der Waals surface area contributed by atoms with E-state index in [-0.39, 0.29) is 5.84 Å². The van der Waals surface area contributed by atoms with Gasteiger partial charge in [0.1, 0.15) is 5.03 Å². The Kier molecular flexibility index (Phi) is 4.61. The molecule has 0 aliphatic carbocycles. The summed E-state index contributed by atoms with van der Waals surface area (Å²) in [6.07, 6.45) is 1.05. The van der Waals surface area contributed by atoms with Gasteiger partial charge >= 0.3 is 0 Å². The van der Waals surface area contributed by atoms with Crippen molar-refractivity contribution in [3.8, 4) is 0 Å². The highest BCUT2D eigenvalue weighted by molar-refractivity contribution is 7.99. The van der Waals surface area contributed by atoms with Crippen LogP contribution in [0.5, 0.6) is 0 Å². The molecule has 1 unspecified atom stereocenters. The molecule has 0 bridgehead atoms. The van der Waals surface area contributed by atoms with Crippen LogP contribution in [0.3, 0.4) is 0 Å². The fraction of sp³-hybridized carbons (Fsp3) is 0.455. The molecule has 5 heteroatoms. The predicted molar refractivity (Wildman–Crippen MR) is 67.1 cm³/mol. The van der Waals surface area contributed by atoms with Gasteiger partial charge in [-0.05, 0) is 25.5 Å². The van der Waals surface area contributed by atoms with Gasteiger partial charge in [-0.3, -0.25) is 0 Å². The van der Waals surface area contributed by atoms with Crippen LogP contribution in [0.1, 0.15) is 31.5 Å². The molecule has 1 heterocycles. The van der Waals surface area contributed by atoms with Crippen LogP contribution in [0.15, 0.2) is 22.3 Å². The van der Waals surface area contributed by atoms with E-state index < -0.39 is 0 Å². The second-order valence-corrected chi connectivity index (χ2v) is 5.05. The summed E-state index contributed by atoms with van der Waals surface area (Å²) < 4.78 is 0. The number of aromatic nitrogens is 1. The molecule has 0 spiro atoms. The van der Waals surface area contributed by atoms with Gasteiger partial charge in [-0.15, -0.1) is 11.8 Å². The molecule has 4 nitrogen and oxygen atoms in total. The Morgan fingerprint density at radius 3 is 2.88 bits per heavy atom. The number of amidine groups is 1. The average molecular weight is 239 g/mol. The van der Waals surface area contributed by atoms with E-state index in [1.807, 2.05) is 19.1 Å². The average Bonchev–Trinajstić information content (AvgIpc) is 2.28. The van der Waals surface area contributed by atoms with E-state index >= 15 is 0 Å². The summed E-state index contributed by atoms with van der Waals surface area (Å²) in [4.78, 5) is 4.42. The van der Waals surface area contributed by atoms with E-state index in [4.69, 9.17) is 10.9 Å². The number of pyridine rings is 1. The molecule has 0 aliphatic rings. The highest BCUT2D eigenvalue weighted by Gasteiger charge is 2.12. The summed E-state index contributed by atoms with van der Waals surface area (Å²) in [5, 5.41) is 13.0. The molecule has 1 atom stereocenters. The lowest BCUT2D eigenvalue weighted by Crippen LogP contribution is -2.15. The summed E-state index contributed by atoms with van der Waals surface area (Å²) >= 11 is 1.64. The monoisotopic (exact) mass is 239 g/mol. The van der Waals surface area contributed by atoms with E-state index in [1.54, 1.807) is 11.8 Å². The SMILES string of the molecule is CCC(C)Sc1nc(C)ccc1C(N)=NO. The van der Waals surface area contributed by atoms with Gasteiger partial charge in [0.05, 0.1) is 5.56 Å². The van der Waals surface area contributed by atoms with Crippen LogP contribution in [0.4, 0.5) is 0 Å². The minimum atomic E-state index is 0.110. The minimum absolute atomic E-state index is 0.110. The third-order valence-electron chi connectivity index (χ3n) is 2.27. The first-order valence-electron chi connectivity index (χ1n) is 5.20. The molecular weight excluding hydrogens is 222 g/mol. The number of thioether (sulfide) groups is 1. The van der Waals surface area contributed by atoms with Crippen molar-refractivity contribution in [2.75, 3.05) is 0 Å². The lowest BCUT2D eigenvalue weighted by Gasteiger charge is -2.11. The van der Waals surface area contributed by atoms with Crippen LogP contribution < -0.4 is 5.73 Å². The summed E-state index contributed by atoms with van der Waals surface area (Å²) in [6, 6.07) is 3.69. The fourth-order valence-electron chi connectivity index (χ4n) is 1.15. The van der Waals surface area contributed by atoms with Gasteiger partial charge in [0.2, 0.25) is 0 Å². The first-order valence-corrected chi connectivity index (χ1v) is 6.08. The second-order valence-electron chi connectivity index (χ2n) is 3.63. The molecule has 88 valence electrons. The molecule has 0 amide bonds. The van der Waals surface area contributed by atoms with Gasteiger partial charge in [0, 0.05) is 10.9 Å². The van der Waals surface area contributed by atoms with Crippen molar-refractivity contribution in [3.63, 3.8) is 0 Å². The van der Waals surface area contributed by atoms with Crippen LogP contribution in [0.2, 0.25) is 0 Å². The fourth-order valence-corrected chi connectivity index (χ4v) is 2.19. The molecule has 3 N–H and O–H groups in total. The first kappa shape index (κ1) is 12.8. The normalized spacial score (nSPS) is 13.8. The molecular formula is C11H17N3OS. The van der Waals surface area contributed by atoms with E-state index in [1.165, 1.54) is 0 Å². The maximum Gasteiger partial charge on any atom is 0.172 e. The van der Waals surface area contributed by atoms with Crippen molar-refractivity contribution in [2.24, 2.45) is 10.9 Å². The Morgan fingerprint density at radius 1 is 1.62 bits per heavy atom. The number of aryl methyl sites for hydroxylation is 1. The van der Waals surface area contributed by atoms with Gasteiger partial charge in [0.25, 0.3) is 0 Å². The maximum absolute atomic E-state index is 8.70. The van der Waals surface area contributed by atoms with Crippen LogP contribution in [0.25, 0.3) is 0 Å². The van der Waals surface area contributed by atoms with Gasteiger partial charge in [-0.2, -0.15) is 0 Å². The van der Waals surface area contributed by atoms with Gasteiger partial charge in [-0.1, -0.05) is 19.0 Å². The van der Waals surface area contributed by atoms with E-state index in [2.05, 4.69) is 24.0 Å². The van der Waals surface area contributed by atoms with Gasteiger partial charge < -0.3 is 10.9 Å². The molecule has 0 radical (unpaired) electrons. The molecule has 0 aromatic carbocycles. The quantitative estimate of drug-likeness (QED) is 0.278. The Balaban J connectivity index is 3.08. The highest BCUT2D eigenvalue weighted by Crippen LogP contribution is 2.26. The Bertz CT molecular complexity index is 393. The lowest BCUT2D eigenvalue weighted by molar-refractivity contribution is 0.318. The topological polar surface area (TPSA) is 71.5 Å². The number of rotatable bonds is 4. The Hall–Kier alpha value is -1.23. The molecule has 0 fully saturated rings. The van der Waals surface area contributed by atoms with Crippen molar-refractivity contribution in [3.05, 3.63) is 23.4 Å². The van der Waals surface area contributed by atoms with E-state index in [0.29, 0.717) is 10.8 Å². The first-order chi connectivity index (χ1) is 7.58. The number of nitrogens with two attached hydrogens (primary N) is 1. The Morgan fingerprint density at radius 2 is 2.31 bits per heavy atom. The molecule has 0 saturated heterocycles. The summed E-state index contributed by atoms with van der Waals surface area (Å²) in [5.74, 6) is 0.110. The molecule has 1 rings (SSSR count). The zero-order chi connectivity index (χ0) is 12.1. The highest BCUT2D eigenvalue weighted by atomic mass is 32.2. The molecule has 0 aliphatic heterocycles. The summed E-state index contributed by atoms with van der Waals surface area (Å²) in [6.45, 7) is 6.18. The van der Waals surface area contributed by atoms with E-state index in [9.17, 15) is 0 Å². The number of hydrogen-bond acceptors (Lipinski definition) is 4. The predicted octanol–water partition coefficient (Wildman–Crippen LogP) is 2.38. The second kappa shape index (κ2) is 5.75. The van der Waals surface area contributed by atoms with Crippen molar-refractivity contribution in [2.45, 2.75) is 37.5 Å². The van der Waals surface area contributed by atoms with Crippen LogP contribution in [-0.2, 0) is 0 Å². The third-order valence-corrected chi connectivity index (χ3v) is 3.54. The van der Waals surface area contributed by atoms with Crippen molar-refractivity contribution in [1.29, 1.82) is 0 Å². The van der Waals surface area contributed by atoms with Crippen molar-refractivity contribution >= 4 is 17.6 Å². The van der Waals surface area contributed by atoms with Gasteiger partial charge in [-0.25, -0.2) is 4.98 Å². The molecule has 16 heavy (non-hydrogen) atoms. The molecule has 1 aromatic heterocycles. The minimum Gasteiger partial charge on any atom is -0.409 e.